The molecule has 0 bridgehead atoms. The third kappa shape index (κ3) is 6.97. The van der Waals surface area contributed by atoms with Gasteiger partial charge in [-0.15, -0.1) is 11.3 Å². The summed E-state index contributed by atoms with van der Waals surface area (Å²) < 4.78 is 36.8. The zero-order chi connectivity index (χ0) is 29.6. The number of hydrogen-bond acceptors (Lipinski definition) is 5. The second-order valence-corrected chi connectivity index (χ2v) is 14.4. The summed E-state index contributed by atoms with van der Waals surface area (Å²) in [6.07, 6.45) is 8.77. The molecule has 0 amide bonds. The molecule has 1 aliphatic carbocycles. The van der Waals surface area contributed by atoms with Gasteiger partial charge in [-0.3, -0.25) is 0 Å². The van der Waals surface area contributed by atoms with Gasteiger partial charge in [0.1, 0.15) is 5.75 Å². The first-order chi connectivity index (χ1) is 21.0. The number of aromatic nitrogens is 1. The summed E-state index contributed by atoms with van der Waals surface area (Å²) in [6, 6.07) is 26.3. The molecule has 4 aromatic rings. The number of rotatable bonds is 9. The Kier molecular flexibility index (Phi) is 9.46. The molecular weight excluding hydrogens is 575 g/mol. The van der Waals surface area contributed by atoms with Crippen molar-refractivity contribution in [1.29, 1.82) is 0 Å². The van der Waals surface area contributed by atoms with Crippen molar-refractivity contribution in [2.45, 2.75) is 69.2 Å². The lowest BCUT2D eigenvalue weighted by molar-refractivity contribution is 0.273. The largest absolute Gasteiger partial charge is 0.494 e. The summed E-state index contributed by atoms with van der Waals surface area (Å²) in [4.78, 5) is 6.38. The van der Waals surface area contributed by atoms with Crippen LogP contribution in [0.1, 0.15) is 63.5 Å². The molecule has 1 aliphatic heterocycles. The highest BCUT2D eigenvalue weighted by Gasteiger charge is 2.29. The normalized spacial score (nSPS) is 17.7. The summed E-state index contributed by atoms with van der Waals surface area (Å²) in [5.74, 6) is 1.37. The van der Waals surface area contributed by atoms with Crippen molar-refractivity contribution in [1.82, 2.24) is 8.87 Å². The lowest BCUT2D eigenvalue weighted by Crippen LogP contribution is -2.38. The average molecular weight is 616 g/mol. The van der Waals surface area contributed by atoms with Crippen molar-refractivity contribution in [3.63, 3.8) is 0 Å². The summed E-state index contributed by atoms with van der Waals surface area (Å²) in [7, 11) is -3.53. The van der Waals surface area contributed by atoms with Gasteiger partial charge in [0.15, 0.2) is 4.80 Å². The highest BCUT2D eigenvalue weighted by molar-refractivity contribution is 7.89. The van der Waals surface area contributed by atoms with E-state index in [0.29, 0.717) is 36.6 Å². The first-order valence-corrected chi connectivity index (χ1v) is 18.0. The SMILES string of the molecule is CCOc1ccc(N=c2scc(-c3ccc(S(=O)(=O)N4CCC(Cc5ccccc5)CC4)cc3)n2C2CCCCC2)cc1. The summed E-state index contributed by atoms with van der Waals surface area (Å²) in [5.41, 5.74) is 4.35. The van der Waals surface area contributed by atoms with E-state index in [4.69, 9.17) is 9.73 Å². The molecule has 6 rings (SSSR count). The Labute approximate surface area is 259 Å². The number of ether oxygens (including phenoxy) is 1. The quantitative estimate of drug-likeness (QED) is 0.192. The molecule has 0 N–H and O–H groups in total. The fourth-order valence-electron chi connectivity index (χ4n) is 6.45. The van der Waals surface area contributed by atoms with Crippen LogP contribution in [0.5, 0.6) is 5.75 Å². The van der Waals surface area contributed by atoms with E-state index in [1.807, 2.05) is 49.4 Å². The van der Waals surface area contributed by atoms with Gasteiger partial charge in [0.05, 0.1) is 22.9 Å². The van der Waals surface area contributed by atoms with Crippen LogP contribution in [-0.2, 0) is 16.4 Å². The van der Waals surface area contributed by atoms with Gasteiger partial charge in [0.25, 0.3) is 0 Å². The Bertz CT molecular complexity index is 1650. The molecule has 3 aromatic carbocycles. The Morgan fingerprint density at radius 3 is 2.23 bits per heavy atom. The molecule has 6 nitrogen and oxygen atoms in total. The molecule has 0 atom stereocenters. The van der Waals surface area contributed by atoms with Crippen LogP contribution in [0.3, 0.4) is 0 Å². The van der Waals surface area contributed by atoms with E-state index >= 15 is 0 Å². The molecule has 0 spiro atoms. The van der Waals surface area contributed by atoms with Gasteiger partial charge in [-0.1, -0.05) is 61.7 Å². The van der Waals surface area contributed by atoms with E-state index in [1.165, 1.54) is 24.8 Å². The predicted octanol–water partition coefficient (Wildman–Crippen LogP) is 8.00. The molecule has 2 aliphatic rings. The number of nitrogens with zero attached hydrogens (tertiary/aromatic N) is 3. The van der Waals surface area contributed by atoms with Gasteiger partial charge in [0, 0.05) is 24.5 Å². The van der Waals surface area contributed by atoms with E-state index in [9.17, 15) is 8.42 Å². The van der Waals surface area contributed by atoms with Crippen LogP contribution >= 0.6 is 11.3 Å². The van der Waals surface area contributed by atoms with E-state index in [2.05, 4.69) is 34.2 Å². The van der Waals surface area contributed by atoms with Crippen molar-refractivity contribution in [2.24, 2.45) is 10.9 Å². The van der Waals surface area contributed by atoms with Crippen molar-refractivity contribution < 1.29 is 13.2 Å². The smallest absolute Gasteiger partial charge is 0.243 e. The van der Waals surface area contributed by atoms with Crippen molar-refractivity contribution >= 4 is 27.0 Å². The van der Waals surface area contributed by atoms with E-state index in [1.54, 1.807) is 27.8 Å². The van der Waals surface area contributed by atoms with E-state index < -0.39 is 10.0 Å². The van der Waals surface area contributed by atoms with Gasteiger partial charge in [-0.05, 0) is 92.5 Å². The Hall–Kier alpha value is -3.20. The van der Waals surface area contributed by atoms with Crippen LogP contribution < -0.4 is 9.54 Å². The first-order valence-electron chi connectivity index (χ1n) is 15.6. The number of thiazole rings is 1. The van der Waals surface area contributed by atoms with Gasteiger partial charge in [-0.2, -0.15) is 4.31 Å². The zero-order valence-electron chi connectivity index (χ0n) is 24.9. The van der Waals surface area contributed by atoms with E-state index in [0.717, 1.165) is 59.6 Å². The third-order valence-corrected chi connectivity index (χ3v) is 11.5. The molecule has 0 unspecified atom stereocenters. The molecule has 43 heavy (non-hydrogen) atoms. The monoisotopic (exact) mass is 615 g/mol. The second kappa shape index (κ2) is 13.6. The van der Waals surface area contributed by atoms with Crippen molar-refractivity contribution in [3.8, 4) is 17.0 Å². The summed E-state index contributed by atoms with van der Waals surface area (Å²) in [5, 5.41) is 2.17. The Morgan fingerprint density at radius 2 is 1.56 bits per heavy atom. The topological polar surface area (TPSA) is 63.9 Å². The van der Waals surface area contributed by atoms with Gasteiger partial charge >= 0.3 is 0 Å². The lowest BCUT2D eigenvalue weighted by Gasteiger charge is -2.31. The zero-order valence-corrected chi connectivity index (χ0v) is 26.5. The average Bonchev–Trinajstić information content (AvgIpc) is 3.47. The predicted molar refractivity (Wildman–Crippen MR) is 174 cm³/mol. The maximum atomic E-state index is 13.6. The van der Waals surface area contributed by atoms with Gasteiger partial charge in [0.2, 0.25) is 10.0 Å². The van der Waals surface area contributed by atoms with Crippen LogP contribution in [0.15, 0.2) is 94.1 Å². The van der Waals surface area contributed by atoms with Crippen LogP contribution in [0.2, 0.25) is 0 Å². The molecule has 2 fully saturated rings. The minimum atomic E-state index is -3.53. The number of piperidine rings is 1. The molecule has 226 valence electrons. The fraction of sp³-hybridized carbons (Fsp3) is 0.400. The molecule has 1 saturated heterocycles. The summed E-state index contributed by atoms with van der Waals surface area (Å²) in [6.45, 7) is 3.77. The van der Waals surface area contributed by atoms with Crippen LogP contribution in [-0.4, -0.2) is 37.0 Å². The highest BCUT2D eigenvalue weighted by atomic mass is 32.2. The fourth-order valence-corrected chi connectivity index (χ4v) is 8.90. The standard InChI is InChI=1S/C35H41N3O3S2/c1-2-41-32-17-15-30(16-18-32)36-35-38(31-11-7-4-8-12-31)34(26-42-35)29-13-19-33(20-14-29)43(39,40)37-23-21-28(22-24-37)25-27-9-5-3-6-10-27/h3,5-6,9-10,13-20,26,28,31H,2,4,7-8,11-12,21-25H2,1H3. The minimum absolute atomic E-state index is 0.372. The molecule has 2 heterocycles. The minimum Gasteiger partial charge on any atom is -0.494 e. The second-order valence-electron chi connectivity index (χ2n) is 11.7. The first kappa shape index (κ1) is 29.9. The van der Waals surface area contributed by atoms with Crippen LogP contribution in [0.4, 0.5) is 5.69 Å². The van der Waals surface area contributed by atoms with Crippen molar-refractivity contribution in [2.75, 3.05) is 19.7 Å². The van der Waals surface area contributed by atoms with E-state index in [-0.39, 0.29) is 0 Å². The lowest BCUT2D eigenvalue weighted by atomic mass is 9.91. The van der Waals surface area contributed by atoms with Crippen LogP contribution in [0, 0.1) is 5.92 Å². The van der Waals surface area contributed by atoms with Gasteiger partial charge < -0.3 is 9.30 Å². The van der Waals surface area contributed by atoms with Gasteiger partial charge in [-0.25, -0.2) is 13.4 Å². The number of sulfonamides is 1. The molecule has 1 saturated carbocycles. The van der Waals surface area contributed by atoms with Crippen LogP contribution in [0.25, 0.3) is 11.3 Å². The molecular formula is C35H41N3O3S2. The maximum absolute atomic E-state index is 13.6. The Morgan fingerprint density at radius 1 is 0.860 bits per heavy atom. The Balaban J connectivity index is 1.22. The van der Waals surface area contributed by atoms with Crippen molar-refractivity contribution in [3.05, 3.63) is 94.6 Å². The molecule has 0 radical (unpaired) electrons. The highest BCUT2D eigenvalue weighted by Crippen LogP contribution is 2.34. The summed E-state index contributed by atoms with van der Waals surface area (Å²) >= 11 is 1.65. The third-order valence-electron chi connectivity index (χ3n) is 8.78. The number of benzene rings is 3. The maximum Gasteiger partial charge on any atom is 0.243 e. The molecule has 1 aromatic heterocycles. The number of hydrogen-bond donors (Lipinski definition) is 0. The molecule has 8 heteroatoms.